The van der Waals surface area contributed by atoms with Gasteiger partial charge in [0.25, 0.3) is 0 Å². The molecule has 4 N–H and O–H groups in total. The minimum absolute atomic E-state index is 0.304. The Balaban J connectivity index is 0.000000348. The summed E-state index contributed by atoms with van der Waals surface area (Å²) >= 11 is 6.72. The number of rotatable bonds is 7. The lowest BCUT2D eigenvalue weighted by molar-refractivity contribution is -0.147. The Morgan fingerprint density at radius 1 is 1.18 bits per heavy atom. The zero-order valence-corrected chi connectivity index (χ0v) is 22.5. The van der Waals surface area contributed by atoms with Crippen LogP contribution in [0.2, 0.25) is 5.02 Å². The van der Waals surface area contributed by atoms with E-state index in [1.54, 1.807) is 6.92 Å². The highest BCUT2D eigenvalue weighted by molar-refractivity contribution is 6.38. The number of carbonyl (C=O) groups excluding carboxylic acids is 2. The molecule has 1 saturated carbocycles. The molecule has 0 radical (unpaired) electrons. The Bertz CT molecular complexity index is 1570. The van der Waals surface area contributed by atoms with E-state index in [0.717, 1.165) is 28.6 Å². The predicted octanol–water partition coefficient (Wildman–Crippen LogP) is 3.77. The molecule has 4 aromatic rings. The maximum absolute atomic E-state index is 12.3. The zero-order valence-electron chi connectivity index (χ0n) is 21.7. The van der Waals surface area contributed by atoms with Crippen LogP contribution in [0, 0.1) is 12.3 Å². The number of ether oxygens (including phenoxy) is 1. The van der Waals surface area contributed by atoms with Gasteiger partial charge in [-0.2, -0.15) is 4.98 Å². The van der Waals surface area contributed by atoms with Gasteiger partial charge in [-0.05, 0) is 49.4 Å². The topological polar surface area (TPSA) is 163 Å². The van der Waals surface area contributed by atoms with Gasteiger partial charge in [0.2, 0.25) is 23.5 Å². The number of primary amides is 1. The van der Waals surface area contributed by atoms with Crippen LogP contribution >= 0.6 is 11.6 Å². The van der Waals surface area contributed by atoms with E-state index in [4.69, 9.17) is 31.7 Å². The van der Waals surface area contributed by atoms with E-state index in [0.29, 0.717) is 54.8 Å². The van der Waals surface area contributed by atoms with Crippen molar-refractivity contribution in [2.75, 3.05) is 6.61 Å². The summed E-state index contributed by atoms with van der Waals surface area (Å²) in [5, 5.41) is 16.6. The Morgan fingerprint density at radius 2 is 1.90 bits per heavy atom. The fraction of sp³-hybridized carbons (Fsp3) is 0.321. The lowest BCUT2D eigenvalue weighted by Crippen LogP contribution is -2.40. The average Bonchev–Trinajstić information content (AvgIpc) is 3.24. The van der Waals surface area contributed by atoms with Crippen LogP contribution in [0.3, 0.4) is 0 Å². The lowest BCUT2D eigenvalue weighted by Gasteiger charge is -2.13. The van der Waals surface area contributed by atoms with Crippen LogP contribution in [-0.4, -0.2) is 50.3 Å². The molecule has 2 aromatic heterocycles. The highest BCUT2D eigenvalue weighted by Crippen LogP contribution is 2.45. The Morgan fingerprint density at radius 3 is 2.45 bits per heavy atom. The summed E-state index contributed by atoms with van der Waals surface area (Å²) in [5.74, 6) is -0.856. The number of amides is 2. The maximum Gasteiger partial charge on any atom is 0.332 e. The van der Waals surface area contributed by atoms with Crippen LogP contribution in [0.15, 0.2) is 53.1 Å². The van der Waals surface area contributed by atoms with Gasteiger partial charge < -0.3 is 30.0 Å². The SMILES string of the molecule is Cc1nc(-c2c(Cl)c3ccccc3n2-c2ccc(CNC(=O)C3(C(N)=O)CC3)cc2)no1.O=C(O)C1CCCO1. The molecule has 1 unspecified atom stereocenters. The zero-order chi connectivity index (χ0) is 28.4. The fourth-order valence-electron chi connectivity index (χ4n) is 4.66. The molecule has 12 heteroatoms. The van der Waals surface area contributed by atoms with E-state index < -0.39 is 23.4 Å². The van der Waals surface area contributed by atoms with Crippen molar-refractivity contribution in [3.8, 4) is 17.2 Å². The summed E-state index contributed by atoms with van der Waals surface area (Å²) < 4.78 is 12.0. The molecule has 0 bridgehead atoms. The molecular formula is C28H28ClN5O6. The van der Waals surface area contributed by atoms with E-state index in [1.165, 1.54) is 0 Å². The van der Waals surface area contributed by atoms with Crippen LogP contribution in [0.4, 0.5) is 0 Å². The highest BCUT2D eigenvalue weighted by atomic mass is 35.5. The summed E-state index contributed by atoms with van der Waals surface area (Å²) in [6.45, 7) is 2.64. The van der Waals surface area contributed by atoms with Crippen molar-refractivity contribution in [1.29, 1.82) is 0 Å². The largest absolute Gasteiger partial charge is 0.479 e. The number of nitrogens with one attached hydrogen (secondary N) is 1. The van der Waals surface area contributed by atoms with Crippen molar-refractivity contribution in [2.24, 2.45) is 11.1 Å². The molecule has 1 aliphatic heterocycles. The molecule has 40 heavy (non-hydrogen) atoms. The summed E-state index contributed by atoms with van der Waals surface area (Å²) in [7, 11) is 0. The number of aliphatic carboxylic acids is 1. The van der Waals surface area contributed by atoms with E-state index in [9.17, 15) is 14.4 Å². The van der Waals surface area contributed by atoms with Crippen LogP contribution in [0.1, 0.15) is 37.1 Å². The summed E-state index contributed by atoms with van der Waals surface area (Å²) in [6.07, 6.45) is 2.06. The van der Waals surface area contributed by atoms with Gasteiger partial charge in [0.1, 0.15) is 11.1 Å². The number of aryl methyl sites for hydroxylation is 1. The highest BCUT2D eigenvalue weighted by Gasteiger charge is 2.55. The molecular weight excluding hydrogens is 538 g/mol. The van der Waals surface area contributed by atoms with Gasteiger partial charge in [-0.15, -0.1) is 0 Å². The third-order valence-electron chi connectivity index (χ3n) is 7.06. The number of carboxylic acids is 1. The number of para-hydroxylation sites is 1. The first-order valence-electron chi connectivity index (χ1n) is 12.8. The number of carbonyl (C=O) groups is 3. The van der Waals surface area contributed by atoms with E-state index in [1.807, 2.05) is 53.1 Å². The number of halogens is 1. The number of fused-ring (bicyclic) bond motifs is 1. The van der Waals surface area contributed by atoms with Crippen molar-refractivity contribution in [3.63, 3.8) is 0 Å². The number of carboxylic acid groups (broad SMARTS) is 1. The van der Waals surface area contributed by atoms with Crippen LogP contribution < -0.4 is 11.1 Å². The smallest absolute Gasteiger partial charge is 0.332 e. The molecule has 1 atom stereocenters. The Kier molecular flexibility index (Phi) is 7.59. The van der Waals surface area contributed by atoms with Crippen molar-refractivity contribution < 1.29 is 28.8 Å². The monoisotopic (exact) mass is 565 g/mol. The van der Waals surface area contributed by atoms with Crippen molar-refractivity contribution in [2.45, 2.75) is 45.3 Å². The van der Waals surface area contributed by atoms with Crippen LogP contribution in [0.25, 0.3) is 28.1 Å². The molecule has 2 aliphatic rings. The number of nitrogens with zero attached hydrogens (tertiary/aromatic N) is 3. The minimum Gasteiger partial charge on any atom is -0.479 e. The second-order valence-electron chi connectivity index (χ2n) is 9.79. The van der Waals surface area contributed by atoms with Gasteiger partial charge in [-0.1, -0.05) is 47.1 Å². The molecule has 11 nitrogen and oxygen atoms in total. The molecule has 6 rings (SSSR count). The second kappa shape index (κ2) is 11.1. The quantitative estimate of drug-likeness (QED) is 0.285. The van der Waals surface area contributed by atoms with Crippen LogP contribution in [-0.2, 0) is 25.7 Å². The van der Waals surface area contributed by atoms with Gasteiger partial charge >= 0.3 is 5.97 Å². The third kappa shape index (κ3) is 5.30. The minimum atomic E-state index is -1.03. The van der Waals surface area contributed by atoms with Gasteiger partial charge in [0.15, 0.2) is 6.10 Å². The first-order chi connectivity index (χ1) is 19.2. The molecule has 0 spiro atoms. The Hall–Kier alpha value is -4.22. The molecule has 3 heterocycles. The molecule has 2 fully saturated rings. The summed E-state index contributed by atoms with van der Waals surface area (Å²) in [5.41, 5.74) is 7.64. The van der Waals surface area contributed by atoms with E-state index in [-0.39, 0.29) is 5.91 Å². The molecule has 2 amide bonds. The van der Waals surface area contributed by atoms with Gasteiger partial charge in [0.05, 0.1) is 10.5 Å². The maximum atomic E-state index is 12.3. The number of benzene rings is 2. The normalized spacial score (nSPS) is 17.2. The third-order valence-corrected chi connectivity index (χ3v) is 7.44. The van der Waals surface area contributed by atoms with Gasteiger partial charge in [0, 0.05) is 31.1 Å². The number of hydrogen-bond donors (Lipinski definition) is 3. The van der Waals surface area contributed by atoms with E-state index in [2.05, 4.69) is 15.5 Å². The van der Waals surface area contributed by atoms with Gasteiger partial charge in [-0.3, -0.25) is 9.59 Å². The molecule has 1 saturated heterocycles. The molecule has 2 aromatic carbocycles. The first-order valence-corrected chi connectivity index (χ1v) is 13.2. The number of hydrogen-bond acceptors (Lipinski definition) is 7. The van der Waals surface area contributed by atoms with Crippen molar-refractivity contribution in [3.05, 3.63) is 65.0 Å². The van der Waals surface area contributed by atoms with Crippen molar-refractivity contribution in [1.82, 2.24) is 20.0 Å². The first kappa shape index (κ1) is 27.4. The average molecular weight is 566 g/mol. The number of nitrogens with two attached hydrogens (primary N) is 1. The predicted molar refractivity (Wildman–Crippen MR) is 146 cm³/mol. The molecule has 208 valence electrons. The fourth-order valence-corrected chi connectivity index (χ4v) is 4.99. The van der Waals surface area contributed by atoms with Crippen LogP contribution in [0.5, 0.6) is 0 Å². The number of aromatic nitrogens is 3. The molecule has 1 aliphatic carbocycles. The van der Waals surface area contributed by atoms with Crippen molar-refractivity contribution >= 4 is 40.3 Å². The van der Waals surface area contributed by atoms with E-state index >= 15 is 0 Å². The standard InChI is InChI=1S/C23H20ClN5O3.C5H8O3/c1-13-27-20(28-32-13)19-18(24)16-4-2-3-5-17(16)29(19)15-8-6-14(7-9-15)12-26-22(31)23(10-11-23)21(25)30;6-5(7)4-2-1-3-8-4/h2-9H,10-12H2,1H3,(H2,25,30)(H,26,31);4H,1-3H2,(H,6,7). The summed E-state index contributed by atoms with van der Waals surface area (Å²) in [6, 6.07) is 15.5. The second-order valence-corrected chi connectivity index (χ2v) is 10.2. The Labute approximate surface area is 234 Å². The van der Waals surface area contributed by atoms with Gasteiger partial charge in [-0.25, -0.2) is 4.79 Å². The summed E-state index contributed by atoms with van der Waals surface area (Å²) in [4.78, 5) is 38.3. The lowest BCUT2D eigenvalue weighted by atomic mass is 10.1.